The molecule has 0 saturated carbocycles. The normalized spacial score (nSPS) is 12.9. The molecule has 1 aromatic carbocycles. The Balaban J connectivity index is 2.46. The van der Waals surface area contributed by atoms with E-state index >= 15 is 0 Å². The molecule has 14 heteroatoms. The predicted molar refractivity (Wildman–Crippen MR) is 93.8 cm³/mol. The first-order chi connectivity index (χ1) is 14.1. The molecule has 2 N–H and O–H groups in total. The van der Waals surface area contributed by atoms with Gasteiger partial charge in [-0.25, -0.2) is 4.98 Å². The number of likely N-dealkylation sites (N-methyl/N-ethyl adjacent to an activating group) is 1. The molecule has 0 bridgehead atoms. The van der Waals surface area contributed by atoms with Crippen LogP contribution in [0.4, 0.5) is 57.0 Å². The summed E-state index contributed by atoms with van der Waals surface area (Å²) < 4.78 is 118. The molecule has 5 nitrogen and oxygen atoms in total. The summed E-state index contributed by atoms with van der Waals surface area (Å²) in [6, 6.07) is 1.07. The van der Waals surface area contributed by atoms with Gasteiger partial charge in [0.15, 0.2) is 5.69 Å². The second-order valence-corrected chi connectivity index (χ2v) is 6.57. The summed E-state index contributed by atoms with van der Waals surface area (Å²) >= 11 is 0. The molecule has 0 aliphatic carbocycles. The van der Waals surface area contributed by atoms with Gasteiger partial charge in [-0.15, -0.1) is 0 Å². The smallest absolute Gasteiger partial charge is 0.353 e. The second kappa shape index (κ2) is 8.77. The van der Waals surface area contributed by atoms with Gasteiger partial charge in [-0.05, 0) is 32.3 Å². The Kier molecular flexibility index (Phi) is 6.93. The number of rotatable bonds is 6. The third-order valence-corrected chi connectivity index (χ3v) is 3.77. The van der Waals surface area contributed by atoms with Gasteiger partial charge >= 0.3 is 18.5 Å². The van der Waals surface area contributed by atoms with Crippen LogP contribution < -0.4 is 10.6 Å². The Hall–Kier alpha value is -2.77. The molecule has 1 aromatic heterocycles. The Morgan fingerprint density at radius 3 is 2.00 bits per heavy atom. The number of anilines is 3. The minimum atomic E-state index is -5.21. The highest BCUT2D eigenvalue weighted by molar-refractivity contribution is 5.63. The standard InChI is InChI=1S/C17H16F9N5/c1-31(2)6-5-27-14-29-12(17(24,25)26)8-13(30-14)28-11-4-3-9(15(18,19)20)7-10(11)16(21,22)23/h3-4,7-8H,5-6H2,1-2H3,(H2,27,28,29,30). The lowest BCUT2D eigenvalue weighted by atomic mass is 10.1. The number of aromatic nitrogens is 2. The van der Waals surface area contributed by atoms with Gasteiger partial charge in [0.2, 0.25) is 5.95 Å². The molecule has 172 valence electrons. The van der Waals surface area contributed by atoms with E-state index in [0.717, 1.165) is 0 Å². The van der Waals surface area contributed by atoms with Gasteiger partial charge < -0.3 is 15.5 Å². The maximum atomic E-state index is 13.3. The molecule has 0 fully saturated rings. The largest absolute Gasteiger partial charge is 0.433 e. The van der Waals surface area contributed by atoms with Crippen molar-refractivity contribution in [3.8, 4) is 0 Å². The SMILES string of the molecule is CN(C)CCNc1nc(Nc2ccc(C(F)(F)F)cc2C(F)(F)F)cc(C(F)(F)F)n1. The average molecular weight is 461 g/mol. The fraction of sp³-hybridized carbons (Fsp3) is 0.412. The van der Waals surface area contributed by atoms with Gasteiger partial charge in [0.1, 0.15) is 5.82 Å². The van der Waals surface area contributed by atoms with Crippen molar-refractivity contribution in [3.05, 3.63) is 41.1 Å². The van der Waals surface area contributed by atoms with E-state index in [1.165, 1.54) is 0 Å². The lowest BCUT2D eigenvalue weighted by Crippen LogP contribution is -2.22. The van der Waals surface area contributed by atoms with Gasteiger partial charge in [0, 0.05) is 19.2 Å². The summed E-state index contributed by atoms with van der Waals surface area (Å²) in [5.41, 5.74) is -5.61. The minimum absolute atomic E-state index is 0.127. The van der Waals surface area contributed by atoms with Crippen LogP contribution in [-0.4, -0.2) is 42.1 Å². The van der Waals surface area contributed by atoms with Crippen LogP contribution in [0.25, 0.3) is 0 Å². The summed E-state index contributed by atoms with van der Waals surface area (Å²) in [5.74, 6) is -1.19. The van der Waals surface area contributed by atoms with E-state index in [4.69, 9.17) is 0 Å². The number of halogens is 9. The molecule has 1 heterocycles. The van der Waals surface area contributed by atoms with Crippen LogP contribution in [0.2, 0.25) is 0 Å². The first kappa shape index (κ1) is 24.5. The van der Waals surface area contributed by atoms with Crippen molar-refractivity contribution in [1.82, 2.24) is 14.9 Å². The van der Waals surface area contributed by atoms with Crippen molar-refractivity contribution in [2.45, 2.75) is 18.5 Å². The van der Waals surface area contributed by atoms with Gasteiger partial charge in [-0.3, -0.25) is 0 Å². The average Bonchev–Trinajstić information content (AvgIpc) is 2.59. The molecule has 0 atom stereocenters. The molecule has 0 aliphatic heterocycles. The quantitative estimate of drug-likeness (QED) is 0.576. The zero-order valence-electron chi connectivity index (χ0n) is 16.0. The summed E-state index contributed by atoms with van der Waals surface area (Å²) in [6.45, 7) is 0.515. The number of alkyl halides is 9. The van der Waals surface area contributed by atoms with Crippen LogP contribution in [0.3, 0.4) is 0 Å². The van der Waals surface area contributed by atoms with Crippen molar-refractivity contribution < 1.29 is 39.5 Å². The number of hydrogen-bond acceptors (Lipinski definition) is 5. The van der Waals surface area contributed by atoms with Crippen LogP contribution >= 0.6 is 0 Å². The number of nitrogens with one attached hydrogen (secondary N) is 2. The highest BCUT2D eigenvalue weighted by atomic mass is 19.4. The van der Waals surface area contributed by atoms with Gasteiger partial charge in [0.05, 0.1) is 16.8 Å². The predicted octanol–water partition coefficient (Wildman–Crippen LogP) is 5.25. The molecule has 0 saturated heterocycles. The lowest BCUT2D eigenvalue weighted by molar-refractivity contribution is -0.143. The Labute approximate surface area is 170 Å². The molecule has 0 amide bonds. The molecule has 0 unspecified atom stereocenters. The summed E-state index contributed by atoms with van der Waals surface area (Å²) in [7, 11) is 3.40. The zero-order valence-corrected chi connectivity index (χ0v) is 16.0. The van der Waals surface area contributed by atoms with Crippen molar-refractivity contribution in [1.29, 1.82) is 0 Å². The molecule has 0 spiro atoms. The van der Waals surface area contributed by atoms with E-state index in [0.29, 0.717) is 24.7 Å². The van der Waals surface area contributed by atoms with Crippen LogP contribution in [0, 0.1) is 0 Å². The van der Waals surface area contributed by atoms with E-state index in [1.807, 2.05) is 5.32 Å². The third-order valence-electron chi connectivity index (χ3n) is 3.77. The Morgan fingerprint density at radius 2 is 1.48 bits per heavy atom. The summed E-state index contributed by atoms with van der Waals surface area (Å²) in [6.07, 6.45) is -15.2. The van der Waals surface area contributed by atoms with Gasteiger partial charge in [-0.2, -0.15) is 44.5 Å². The van der Waals surface area contributed by atoms with Crippen LogP contribution in [-0.2, 0) is 18.5 Å². The molecule has 31 heavy (non-hydrogen) atoms. The third kappa shape index (κ3) is 6.87. The Morgan fingerprint density at radius 1 is 0.839 bits per heavy atom. The molecule has 0 radical (unpaired) electrons. The highest BCUT2D eigenvalue weighted by Crippen LogP contribution is 2.40. The molecule has 2 aromatic rings. The maximum Gasteiger partial charge on any atom is 0.433 e. The number of nitrogens with zero attached hydrogens (tertiary/aromatic N) is 3. The number of hydrogen-bond donors (Lipinski definition) is 2. The first-order valence-corrected chi connectivity index (χ1v) is 8.47. The maximum absolute atomic E-state index is 13.3. The van der Waals surface area contributed by atoms with E-state index in [1.54, 1.807) is 19.0 Å². The van der Waals surface area contributed by atoms with E-state index < -0.39 is 52.8 Å². The lowest BCUT2D eigenvalue weighted by Gasteiger charge is -2.18. The molecular formula is C17H16F9N5. The van der Waals surface area contributed by atoms with E-state index in [9.17, 15) is 39.5 Å². The summed E-state index contributed by atoms with van der Waals surface area (Å²) in [4.78, 5) is 8.68. The topological polar surface area (TPSA) is 53.1 Å². The number of benzene rings is 1. The van der Waals surface area contributed by atoms with E-state index in [2.05, 4.69) is 15.3 Å². The van der Waals surface area contributed by atoms with Crippen molar-refractivity contribution in [3.63, 3.8) is 0 Å². The summed E-state index contributed by atoms with van der Waals surface area (Å²) in [5, 5.41) is 4.53. The highest BCUT2D eigenvalue weighted by Gasteiger charge is 2.39. The van der Waals surface area contributed by atoms with Crippen LogP contribution in [0.15, 0.2) is 24.3 Å². The fourth-order valence-electron chi connectivity index (χ4n) is 2.33. The Bertz CT molecular complexity index is 904. The van der Waals surface area contributed by atoms with Crippen LogP contribution in [0.1, 0.15) is 16.8 Å². The monoisotopic (exact) mass is 461 g/mol. The van der Waals surface area contributed by atoms with Crippen molar-refractivity contribution in [2.75, 3.05) is 37.8 Å². The zero-order chi connectivity index (χ0) is 23.6. The van der Waals surface area contributed by atoms with Crippen molar-refractivity contribution in [2.24, 2.45) is 0 Å². The van der Waals surface area contributed by atoms with Crippen molar-refractivity contribution >= 4 is 17.5 Å². The fourth-order valence-corrected chi connectivity index (χ4v) is 2.33. The van der Waals surface area contributed by atoms with E-state index in [-0.39, 0.29) is 12.6 Å². The van der Waals surface area contributed by atoms with Crippen LogP contribution in [0.5, 0.6) is 0 Å². The molecular weight excluding hydrogens is 445 g/mol. The second-order valence-electron chi connectivity index (χ2n) is 6.57. The van der Waals surface area contributed by atoms with Gasteiger partial charge in [0.25, 0.3) is 0 Å². The first-order valence-electron chi connectivity index (χ1n) is 8.47. The molecule has 0 aliphatic rings. The minimum Gasteiger partial charge on any atom is -0.353 e. The molecule has 2 rings (SSSR count). The van der Waals surface area contributed by atoms with Gasteiger partial charge in [-0.1, -0.05) is 0 Å².